The highest BCUT2D eigenvalue weighted by molar-refractivity contribution is 5.75. The van der Waals surface area contributed by atoms with Crippen LogP contribution in [0.5, 0.6) is 0 Å². The Morgan fingerprint density at radius 3 is 2.62 bits per heavy atom. The molecule has 3 heteroatoms. The first-order chi connectivity index (χ1) is 7.86. The van der Waals surface area contributed by atoms with Gasteiger partial charge in [0.15, 0.2) is 0 Å². The quantitative estimate of drug-likeness (QED) is 0.635. The van der Waals surface area contributed by atoms with Crippen LogP contribution in [0.1, 0.15) is 6.42 Å². The zero-order valence-electron chi connectivity index (χ0n) is 8.76. The van der Waals surface area contributed by atoms with Gasteiger partial charge in [-0.3, -0.25) is 0 Å². The molecule has 2 heterocycles. The highest BCUT2D eigenvalue weighted by Crippen LogP contribution is 2.08. The fourth-order valence-corrected chi connectivity index (χ4v) is 1.35. The van der Waals surface area contributed by atoms with E-state index in [1.165, 1.54) is 6.07 Å². The molecule has 1 aromatic carbocycles. The predicted octanol–water partition coefficient (Wildman–Crippen LogP) is 2.71. The Bertz CT molecular complexity index is 534. The Morgan fingerprint density at radius 2 is 1.94 bits per heavy atom. The van der Waals surface area contributed by atoms with Gasteiger partial charge in [-0.2, -0.15) is 0 Å². The standard InChI is InChI=1S/C9H6O2.C4H6O/c10-9-6-5-7-3-1-2-4-8(7)11-9;1-2-4-5-3-1/h1-6H;1,3H,2,4H2. The maximum atomic E-state index is 10.7. The summed E-state index contributed by atoms with van der Waals surface area (Å²) in [5, 5.41) is 0.951. The van der Waals surface area contributed by atoms with E-state index in [4.69, 9.17) is 9.15 Å². The fraction of sp³-hybridized carbons (Fsp3) is 0.154. The molecule has 1 aromatic heterocycles. The molecular formula is C13H12O3. The lowest BCUT2D eigenvalue weighted by atomic mass is 10.2. The third-order valence-corrected chi connectivity index (χ3v) is 2.12. The second-order valence-electron chi connectivity index (χ2n) is 3.32. The molecule has 82 valence electrons. The minimum Gasteiger partial charge on any atom is -0.501 e. The molecule has 3 rings (SSSR count). The first-order valence-electron chi connectivity index (χ1n) is 5.12. The number of benzene rings is 1. The van der Waals surface area contributed by atoms with Crippen molar-refractivity contribution in [2.75, 3.05) is 6.61 Å². The molecule has 16 heavy (non-hydrogen) atoms. The summed E-state index contributed by atoms with van der Waals surface area (Å²) >= 11 is 0. The molecule has 0 amide bonds. The average molecular weight is 216 g/mol. The molecule has 0 N–H and O–H groups in total. The number of rotatable bonds is 0. The van der Waals surface area contributed by atoms with E-state index in [-0.39, 0.29) is 5.63 Å². The second-order valence-corrected chi connectivity index (χ2v) is 3.32. The number of para-hydroxylation sites is 1. The maximum Gasteiger partial charge on any atom is 0.336 e. The van der Waals surface area contributed by atoms with Crippen LogP contribution in [0.4, 0.5) is 0 Å². The highest BCUT2D eigenvalue weighted by atomic mass is 16.5. The summed E-state index contributed by atoms with van der Waals surface area (Å²) in [5.74, 6) is 0. The van der Waals surface area contributed by atoms with E-state index in [1.807, 2.05) is 24.3 Å². The Hall–Kier alpha value is -2.03. The molecule has 0 spiro atoms. The molecule has 0 unspecified atom stereocenters. The van der Waals surface area contributed by atoms with Gasteiger partial charge < -0.3 is 9.15 Å². The summed E-state index contributed by atoms with van der Waals surface area (Å²) in [5.41, 5.74) is 0.337. The topological polar surface area (TPSA) is 39.4 Å². The smallest absolute Gasteiger partial charge is 0.336 e. The van der Waals surface area contributed by atoms with E-state index in [9.17, 15) is 4.79 Å². The van der Waals surface area contributed by atoms with E-state index in [0.29, 0.717) is 5.58 Å². The van der Waals surface area contributed by atoms with Crippen molar-refractivity contribution in [1.82, 2.24) is 0 Å². The first-order valence-corrected chi connectivity index (χ1v) is 5.12. The van der Waals surface area contributed by atoms with Crippen molar-refractivity contribution in [2.45, 2.75) is 6.42 Å². The van der Waals surface area contributed by atoms with Crippen molar-refractivity contribution in [3.05, 3.63) is 59.2 Å². The van der Waals surface area contributed by atoms with Gasteiger partial charge in [-0.05, 0) is 18.2 Å². The lowest BCUT2D eigenvalue weighted by Crippen LogP contribution is -1.93. The van der Waals surface area contributed by atoms with Gasteiger partial charge in [0.1, 0.15) is 5.58 Å². The van der Waals surface area contributed by atoms with Crippen LogP contribution >= 0.6 is 0 Å². The van der Waals surface area contributed by atoms with Crippen molar-refractivity contribution in [3.8, 4) is 0 Å². The van der Waals surface area contributed by atoms with Crippen molar-refractivity contribution >= 4 is 11.0 Å². The van der Waals surface area contributed by atoms with Crippen molar-refractivity contribution in [1.29, 1.82) is 0 Å². The third kappa shape index (κ3) is 2.73. The predicted molar refractivity (Wildman–Crippen MR) is 62.2 cm³/mol. The lowest BCUT2D eigenvalue weighted by molar-refractivity contribution is 0.281. The van der Waals surface area contributed by atoms with Gasteiger partial charge in [0.2, 0.25) is 0 Å². The summed E-state index contributed by atoms with van der Waals surface area (Å²) in [6, 6.07) is 10.6. The van der Waals surface area contributed by atoms with E-state index < -0.39 is 0 Å². The Morgan fingerprint density at radius 1 is 1.06 bits per heavy atom. The molecule has 1 aliphatic rings. The summed E-state index contributed by atoms with van der Waals surface area (Å²) in [7, 11) is 0. The van der Waals surface area contributed by atoms with E-state index in [2.05, 4.69) is 0 Å². The molecule has 0 aliphatic carbocycles. The van der Waals surface area contributed by atoms with Crippen LogP contribution in [0.25, 0.3) is 11.0 Å². The molecule has 0 saturated carbocycles. The van der Waals surface area contributed by atoms with Gasteiger partial charge in [-0.25, -0.2) is 4.79 Å². The third-order valence-electron chi connectivity index (χ3n) is 2.12. The molecule has 0 radical (unpaired) electrons. The van der Waals surface area contributed by atoms with Crippen molar-refractivity contribution in [2.24, 2.45) is 0 Å². The summed E-state index contributed by atoms with van der Waals surface area (Å²) in [6.07, 6.45) is 4.85. The molecule has 0 fully saturated rings. The first kappa shape index (κ1) is 10.5. The van der Waals surface area contributed by atoms with Gasteiger partial charge in [0.25, 0.3) is 0 Å². The van der Waals surface area contributed by atoms with Crippen molar-refractivity contribution in [3.63, 3.8) is 0 Å². The van der Waals surface area contributed by atoms with Crippen LogP contribution in [0.3, 0.4) is 0 Å². The highest BCUT2D eigenvalue weighted by Gasteiger charge is 1.92. The monoisotopic (exact) mass is 216 g/mol. The van der Waals surface area contributed by atoms with Gasteiger partial charge in [-0.1, -0.05) is 18.2 Å². The molecule has 0 saturated heterocycles. The van der Waals surface area contributed by atoms with Gasteiger partial charge in [0.05, 0.1) is 12.9 Å². The maximum absolute atomic E-state index is 10.7. The van der Waals surface area contributed by atoms with Crippen LogP contribution in [0, 0.1) is 0 Å². The summed E-state index contributed by atoms with van der Waals surface area (Å²) in [4.78, 5) is 10.7. The normalized spacial score (nSPS) is 13.0. The fourth-order valence-electron chi connectivity index (χ4n) is 1.35. The number of hydrogen-bond acceptors (Lipinski definition) is 3. The largest absolute Gasteiger partial charge is 0.501 e. The molecular weight excluding hydrogens is 204 g/mol. The SMILES string of the molecule is C1=COCC1.O=c1ccc2ccccc2o1. The van der Waals surface area contributed by atoms with Crippen LogP contribution in [-0.2, 0) is 4.74 Å². The van der Waals surface area contributed by atoms with Gasteiger partial charge in [0, 0.05) is 17.9 Å². The van der Waals surface area contributed by atoms with Crippen molar-refractivity contribution < 1.29 is 9.15 Å². The molecule has 1 aliphatic heterocycles. The van der Waals surface area contributed by atoms with Gasteiger partial charge >= 0.3 is 5.63 Å². The number of fused-ring (bicyclic) bond motifs is 1. The Kier molecular flexibility index (Phi) is 3.38. The van der Waals surface area contributed by atoms with Crippen LogP contribution in [0.15, 0.2) is 57.9 Å². The minimum absolute atomic E-state index is 0.302. The lowest BCUT2D eigenvalue weighted by Gasteiger charge is -1.91. The summed E-state index contributed by atoms with van der Waals surface area (Å²) in [6.45, 7) is 0.889. The van der Waals surface area contributed by atoms with Crippen LogP contribution in [0.2, 0.25) is 0 Å². The minimum atomic E-state index is -0.302. The van der Waals surface area contributed by atoms with E-state index in [0.717, 1.165) is 18.4 Å². The molecule has 3 nitrogen and oxygen atoms in total. The molecule has 0 atom stereocenters. The Balaban J connectivity index is 0.000000162. The van der Waals surface area contributed by atoms with E-state index >= 15 is 0 Å². The van der Waals surface area contributed by atoms with E-state index in [1.54, 1.807) is 18.4 Å². The Labute approximate surface area is 93.0 Å². The second kappa shape index (κ2) is 5.16. The molecule has 0 bridgehead atoms. The van der Waals surface area contributed by atoms with Crippen LogP contribution in [-0.4, -0.2) is 6.61 Å². The van der Waals surface area contributed by atoms with Gasteiger partial charge in [-0.15, -0.1) is 0 Å². The zero-order chi connectivity index (χ0) is 11.2. The molecule has 2 aromatic rings. The van der Waals surface area contributed by atoms with Crippen LogP contribution < -0.4 is 5.63 Å². The zero-order valence-corrected chi connectivity index (χ0v) is 8.76. The number of ether oxygens (including phenoxy) is 1. The average Bonchev–Trinajstić information content (AvgIpc) is 2.87. The summed E-state index contributed by atoms with van der Waals surface area (Å²) < 4.78 is 9.67. The number of hydrogen-bond donors (Lipinski definition) is 0.